The molecule has 5 rings (SSSR count). The molecule has 0 bridgehead atoms. The number of amides is 4. The first kappa shape index (κ1) is 22.8. The zero-order chi connectivity index (χ0) is 24.7. The van der Waals surface area contributed by atoms with Crippen LogP contribution in [0, 0.1) is 5.82 Å². The number of ether oxygens (including phenoxy) is 1. The Kier molecular flexibility index (Phi) is 5.66. The van der Waals surface area contributed by atoms with Crippen LogP contribution in [0.15, 0.2) is 42.5 Å². The van der Waals surface area contributed by atoms with Gasteiger partial charge in [-0.3, -0.25) is 19.3 Å². The van der Waals surface area contributed by atoms with Gasteiger partial charge in [0.2, 0.25) is 5.91 Å². The third-order valence-electron chi connectivity index (χ3n) is 6.88. The van der Waals surface area contributed by atoms with E-state index in [9.17, 15) is 23.6 Å². The van der Waals surface area contributed by atoms with Gasteiger partial charge in [0, 0.05) is 43.7 Å². The number of para-hydroxylation sites is 1. The largest absolute Gasteiger partial charge is 0.493 e. The van der Waals surface area contributed by atoms with E-state index in [4.69, 9.17) is 4.74 Å². The first-order valence-electron chi connectivity index (χ1n) is 11.5. The van der Waals surface area contributed by atoms with Crippen molar-refractivity contribution in [3.63, 3.8) is 0 Å². The van der Waals surface area contributed by atoms with E-state index in [0.29, 0.717) is 48.7 Å². The number of carbonyl (C=O) groups is 4. The molecule has 4 amide bonds. The summed E-state index contributed by atoms with van der Waals surface area (Å²) >= 11 is 0. The van der Waals surface area contributed by atoms with Gasteiger partial charge in [-0.25, -0.2) is 9.18 Å². The molecule has 0 radical (unpaired) electrons. The molecule has 1 unspecified atom stereocenters. The van der Waals surface area contributed by atoms with Crippen molar-refractivity contribution in [3.8, 4) is 5.75 Å². The van der Waals surface area contributed by atoms with Crippen LogP contribution in [0.1, 0.15) is 29.3 Å². The predicted octanol–water partition coefficient (Wildman–Crippen LogP) is 1.91. The Morgan fingerprint density at radius 1 is 1.09 bits per heavy atom. The third kappa shape index (κ3) is 3.88. The van der Waals surface area contributed by atoms with Crippen LogP contribution >= 0.6 is 0 Å². The van der Waals surface area contributed by atoms with Gasteiger partial charge < -0.3 is 19.9 Å². The molecule has 0 aromatic heterocycles. The zero-order valence-corrected chi connectivity index (χ0v) is 19.3. The Bertz CT molecular complexity index is 1230. The fourth-order valence-electron chi connectivity index (χ4n) is 4.93. The minimum absolute atomic E-state index is 0.211. The second-order valence-electron chi connectivity index (χ2n) is 8.91. The van der Waals surface area contributed by atoms with E-state index < -0.39 is 23.3 Å². The van der Waals surface area contributed by atoms with Crippen LogP contribution in [0.3, 0.4) is 0 Å². The smallest absolute Gasteiger partial charge is 0.325 e. The van der Waals surface area contributed by atoms with Gasteiger partial charge in [0.15, 0.2) is 11.3 Å². The highest BCUT2D eigenvalue weighted by atomic mass is 19.1. The lowest BCUT2D eigenvalue weighted by molar-refractivity contribution is -0.139. The van der Waals surface area contributed by atoms with Crippen molar-refractivity contribution in [3.05, 3.63) is 59.4 Å². The Morgan fingerprint density at radius 2 is 1.83 bits per heavy atom. The maximum atomic E-state index is 14.5. The average Bonchev–Trinajstić information content (AvgIpc) is 3.09. The molecule has 3 aliphatic heterocycles. The first-order chi connectivity index (χ1) is 16.8. The third-order valence-corrected chi connectivity index (χ3v) is 6.88. The van der Waals surface area contributed by atoms with Crippen LogP contribution in [0.2, 0.25) is 0 Å². The lowest BCUT2D eigenvalue weighted by Gasteiger charge is -2.37. The number of benzene rings is 2. The second-order valence-corrected chi connectivity index (χ2v) is 8.91. The molecular formula is C25H25FN4O5. The van der Waals surface area contributed by atoms with E-state index in [2.05, 4.69) is 5.32 Å². The number of carbonyl (C=O) groups excluding carboxylic acids is 4. The van der Waals surface area contributed by atoms with E-state index >= 15 is 0 Å². The molecule has 2 saturated heterocycles. The molecule has 10 heteroatoms. The summed E-state index contributed by atoms with van der Waals surface area (Å²) in [6.45, 7) is 2.70. The monoisotopic (exact) mass is 480 g/mol. The normalized spacial score (nSPS) is 21.6. The molecular weight excluding hydrogens is 455 g/mol. The molecule has 2 aromatic carbocycles. The minimum atomic E-state index is -1.23. The Morgan fingerprint density at radius 3 is 2.54 bits per heavy atom. The van der Waals surface area contributed by atoms with Gasteiger partial charge in [-0.2, -0.15) is 0 Å². The molecule has 9 nitrogen and oxygen atoms in total. The van der Waals surface area contributed by atoms with Crippen LogP contribution in [-0.4, -0.2) is 72.8 Å². The van der Waals surface area contributed by atoms with Gasteiger partial charge in [-0.1, -0.05) is 18.2 Å². The van der Waals surface area contributed by atoms with Gasteiger partial charge in [0.05, 0.1) is 12.3 Å². The zero-order valence-electron chi connectivity index (χ0n) is 19.3. The van der Waals surface area contributed by atoms with Crippen LogP contribution in [-0.2, 0) is 15.1 Å². The molecule has 1 spiro atoms. The highest BCUT2D eigenvalue weighted by molar-refractivity contribution is 6.09. The van der Waals surface area contributed by atoms with Gasteiger partial charge in [-0.05, 0) is 31.2 Å². The van der Waals surface area contributed by atoms with Crippen LogP contribution in [0.4, 0.5) is 14.9 Å². The van der Waals surface area contributed by atoms with Gasteiger partial charge in [0.1, 0.15) is 18.1 Å². The van der Waals surface area contributed by atoms with Gasteiger partial charge >= 0.3 is 6.03 Å². The lowest BCUT2D eigenvalue weighted by atomic mass is 9.84. The summed E-state index contributed by atoms with van der Waals surface area (Å²) < 4.78 is 20.1. The van der Waals surface area contributed by atoms with Crippen molar-refractivity contribution in [1.29, 1.82) is 0 Å². The van der Waals surface area contributed by atoms with Gasteiger partial charge in [-0.15, -0.1) is 0 Å². The number of Topliss-reactive ketones (excluding diaryl/α,β-unsaturated/α-hetero) is 1. The highest BCUT2D eigenvalue weighted by Crippen LogP contribution is 2.41. The summed E-state index contributed by atoms with van der Waals surface area (Å²) in [5.41, 5.74) is 0.0370. The van der Waals surface area contributed by atoms with Crippen LogP contribution in [0.25, 0.3) is 0 Å². The Balaban J connectivity index is 1.24. The van der Waals surface area contributed by atoms with Crippen molar-refractivity contribution < 1.29 is 28.3 Å². The fraction of sp³-hybridized carbons (Fsp3) is 0.360. The van der Waals surface area contributed by atoms with E-state index in [1.807, 2.05) is 4.90 Å². The molecule has 182 valence electrons. The number of nitrogens with one attached hydrogen (secondary N) is 1. The van der Waals surface area contributed by atoms with Crippen molar-refractivity contribution in [2.45, 2.75) is 18.9 Å². The molecule has 2 aromatic rings. The minimum Gasteiger partial charge on any atom is -0.493 e. The molecule has 0 aliphatic carbocycles. The number of anilines is 1. The molecule has 35 heavy (non-hydrogen) atoms. The molecule has 3 heterocycles. The van der Waals surface area contributed by atoms with Crippen LogP contribution in [0.5, 0.6) is 5.75 Å². The molecule has 3 aliphatic rings. The van der Waals surface area contributed by atoms with Gasteiger partial charge in [0.25, 0.3) is 5.91 Å². The quantitative estimate of drug-likeness (QED) is 0.530. The maximum Gasteiger partial charge on any atom is 0.325 e. The number of halogens is 1. The lowest BCUT2D eigenvalue weighted by Crippen LogP contribution is -2.52. The summed E-state index contributed by atoms with van der Waals surface area (Å²) in [4.78, 5) is 54.9. The number of nitrogens with zero attached hydrogens (tertiary/aromatic N) is 3. The maximum absolute atomic E-state index is 14.5. The number of rotatable bonds is 4. The molecule has 2 fully saturated rings. The standard InChI is InChI=1S/C25H25FN4O5/c1-16(31)17-6-7-20(19(26)14-17)28-9-11-29(12-10-28)22(32)15-30-23(33)25(27-24(30)34)8-13-35-21-5-3-2-4-18(21)25/h2-7,14H,8-13,15H2,1H3,(H,27,34). The van der Waals surface area contributed by atoms with Crippen molar-refractivity contribution in [1.82, 2.24) is 15.1 Å². The van der Waals surface area contributed by atoms with E-state index in [0.717, 1.165) is 4.90 Å². The summed E-state index contributed by atoms with van der Waals surface area (Å²) in [7, 11) is 0. The molecule has 0 saturated carbocycles. The number of imide groups is 1. The number of ketones is 1. The topological polar surface area (TPSA) is 99.3 Å². The van der Waals surface area contributed by atoms with Crippen molar-refractivity contribution in [2.75, 3.05) is 44.2 Å². The predicted molar refractivity (Wildman–Crippen MR) is 124 cm³/mol. The number of urea groups is 1. The summed E-state index contributed by atoms with van der Waals surface area (Å²) in [6.07, 6.45) is 0.284. The summed E-state index contributed by atoms with van der Waals surface area (Å²) in [6, 6.07) is 10.8. The van der Waals surface area contributed by atoms with E-state index in [1.165, 1.54) is 13.0 Å². The Labute approximate surface area is 201 Å². The molecule has 1 N–H and O–H groups in total. The van der Waals surface area contributed by atoms with Crippen molar-refractivity contribution >= 4 is 29.3 Å². The van der Waals surface area contributed by atoms with E-state index in [-0.39, 0.29) is 31.3 Å². The average molecular weight is 480 g/mol. The van der Waals surface area contributed by atoms with Crippen molar-refractivity contribution in [2.24, 2.45) is 0 Å². The number of hydrogen-bond acceptors (Lipinski definition) is 6. The Hall–Kier alpha value is -3.95. The highest BCUT2D eigenvalue weighted by Gasteiger charge is 2.55. The number of hydrogen-bond donors (Lipinski definition) is 1. The van der Waals surface area contributed by atoms with E-state index in [1.54, 1.807) is 41.3 Å². The first-order valence-corrected chi connectivity index (χ1v) is 11.5. The molecule has 1 atom stereocenters. The summed E-state index contributed by atoms with van der Waals surface area (Å²) in [5.74, 6) is -0.965. The second kappa shape index (κ2) is 8.68. The number of piperazine rings is 1. The fourth-order valence-corrected chi connectivity index (χ4v) is 4.93. The van der Waals surface area contributed by atoms with Crippen LogP contribution < -0.4 is 15.0 Å². The summed E-state index contributed by atoms with van der Waals surface area (Å²) in [5, 5.41) is 2.79. The SMILES string of the molecule is CC(=O)c1ccc(N2CCN(C(=O)CN3C(=O)NC4(CCOc5ccccc54)C3=O)CC2)c(F)c1. The number of fused-ring (bicyclic) bond motifs is 2.